The van der Waals surface area contributed by atoms with Gasteiger partial charge in [0.15, 0.2) is 0 Å². The third-order valence-corrected chi connectivity index (χ3v) is 5.05. The fourth-order valence-corrected chi connectivity index (χ4v) is 3.31. The van der Waals surface area contributed by atoms with Crippen LogP contribution in [0.15, 0.2) is 53.6 Å². The number of nitrogens with two attached hydrogens (primary N) is 1. The molecule has 130 valence electrons. The summed E-state index contributed by atoms with van der Waals surface area (Å²) >= 11 is 0. The molecule has 2 aromatic carbocycles. The maximum atomic E-state index is 12.4. The van der Waals surface area contributed by atoms with E-state index in [0.717, 1.165) is 16.5 Å². The van der Waals surface area contributed by atoms with Gasteiger partial charge in [0.05, 0.1) is 4.90 Å². The van der Waals surface area contributed by atoms with Crippen LogP contribution in [0.3, 0.4) is 0 Å². The van der Waals surface area contributed by atoms with Crippen molar-refractivity contribution in [3.05, 3.63) is 65.4 Å². The number of benzene rings is 2. The van der Waals surface area contributed by atoms with Crippen molar-refractivity contribution in [1.29, 1.82) is 0 Å². The maximum Gasteiger partial charge on any atom is 0.251 e. The largest absolute Gasteiger partial charge is 0.361 e. The first-order valence-corrected chi connectivity index (χ1v) is 9.37. The van der Waals surface area contributed by atoms with Crippen LogP contribution >= 0.6 is 0 Å². The van der Waals surface area contributed by atoms with E-state index in [-0.39, 0.29) is 10.8 Å². The molecule has 1 aromatic heterocycles. The molecule has 25 heavy (non-hydrogen) atoms. The van der Waals surface area contributed by atoms with Crippen LogP contribution in [0.4, 0.5) is 0 Å². The van der Waals surface area contributed by atoms with Gasteiger partial charge in [0.25, 0.3) is 5.91 Å². The molecule has 0 unspecified atom stereocenters. The summed E-state index contributed by atoms with van der Waals surface area (Å²) in [4.78, 5) is 15.5. The molecule has 0 radical (unpaired) electrons. The van der Waals surface area contributed by atoms with Gasteiger partial charge in [0.2, 0.25) is 10.0 Å². The fourth-order valence-electron chi connectivity index (χ4n) is 2.77. The summed E-state index contributed by atoms with van der Waals surface area (Å²) in [6, 6.07) is 12.3. The molecule has 6 nitrogen and oxygen atoms in total. The number of fused-ring (bicyclic) bond motifs is 1. The van der Waals surface area contributed by atoms with E-state index in [9.17, 15) is 13.2 Å². The van der Waals surface area contributed by atoms with Crippen molar-refractivity contribution in [3.8, 4) is 0 Å². The number of aryl methyl sites for hydroxylation is 1. The first-order valence-electron chi connectivity index (χ1n) is 7.83. The molecule has 0 saturated carbocycles. The minimum atomic E-state index is -3.84. The molecule has 7 heteroatoms. The average molecular weight is 357 g/mol. The van der Waals surface area contributed by atoms with Crippen LogP contribution in [-0.4, -0.2) is 25.9 Å². The van der Waals surface area contributed by atoms with Crippen molar-refractivity contribution in [2.24, 2.45) is 5.14 Å². The summed E-state index contributed by atoms with van der Waals surface area (Å²) in [5, 5.41) is 9.09. The summed E-state index contributed by atoms with van der Waals surface area (Å²) in [7, 11) is -3.84. The molecule has 3 rings (SSSR count). The van der Waals surface area contributed by atoms with Gasteiger partial charge < -0.3 is 10.3 Å². The first kappa shape index (κ1) is 17.2. The van der Waals surface area contributed by atoms with E-state index in [1.165, 1.54) is 12.1 Å². The number of hydrogen-bond acceptors (Lipinski definition) is 3. The molecule has 0 fully saturated rings. The number of aromatic nitrogens is 1. The lowest BCUT2D eigenvalue weighted by Gasteiger charge is -2.09. The lowest BCUT2D eigenvalue weighted by atomic mass is 10.1. The van der Waals surface area contributed by atoms with Crippen molar-refractivity contribution in [1.82, 2.24) is 10.3 Å². The quantitative estimate of drug-likeness (QED) is 0.651. The molecule has 0 atom stereocenters. The fraction of sp³-hybridized carbons (Fsp3) is 0.167. The van der Waals surface area contributed by atoms with E-state index < -0.39 is 10.0 Å². The van der Waals surface area contributed by atoms with Crippen LogP contribution in [-0.2, 0) is 16.4 Å². The number of carbonyl (C=O) groups is 1. The van der Waals surface area contributed by atoms with E-state index in [2.05, 4.69) is 10.3 Å². The molecule has 0 saturated heterocycles. The van der Waals surface area contributed by atoms with Crippen LogP contribution in [0.2, 0.25) is 0 Å². The number of hydrogen-bond donors (Lipinski definition) is 3. The normalized spacial score (nSPS) is 11.6. The molecule has 0 bridgehead atoms. The van der Waals surface area contributed by atoms with Crippen LogP contribution < -0.4 is 10.5 Å². The topological polar surface area (TPSA) is 105 Å². The molecular weight excluding hydrogens is 338 g/mol. The lowest BCUT2D eigenvalue weighted by Crippen LogP contribution is -2.26. The van der Waals surface area contributed by atoms with Crippen LogP contribution in [0, 0.1) is 6.92 Å². The number of sulfonamides is 1. The number of rotatable bonds is 5. The Kier molecular flexibility index (Phi) is 4.61. The molecular formula is C18H19N3O3S. The standard InChI is InChI=1S/C18H19N3O3S/c1-12-6-7-14(25(19,23)24)10-16(12)18(22)20-9-8-13-11-21-17-5-3-2-4-15(13)17/h2-7,10-11,21H,8-9H2,1H3,(H,20,22)(H2,19,23,24). The second-order valence-electron chi connectivity index (χ2n) is 5.89. The molecule has 0 spiro atoms. The number of para-hydroxylation sites is 1. The van der Waals surface area contributed by atoms with Gasteiger partial charge in [-0.1, -0.05) is 24.3 Å². The Bertz CT molecular complexity index is 1040. The third-order valence-electron chi connectivity index (χ3n) is 4.14. The zero-order chi connectivity index (χ0) is 18.0. The van der Waals surface area contributed by atoms with Crippen molar-refractivity contribution < 1.29 is 13.2 Å². The van der Waals surface area contributed by atoms with E-state index >= 15 is 0 Å². The van der Waals surface area contributed by atoms with Gasteiger partial charge in [0.1, 0.15) is 0 Å². The van der Waals surface area contributed by atoms with Gasteiger partial charge in [-0.2, -0.15) is 0 Å². The average Bonchev–Trinajstić information content (AvgIpc) is 2.97. The Morgan fingerprint density at radius 2 is 1.96 bits per heavy atom. The molecule has 4 N–H and O–H groups in total. The Balaban J connectivity index is 1.71. The summed E-state index contributed by atoms with van der Waals surface area (Å²) in [5.41, 5.74) is 3.17. The number of aromatic amines is 1. The minimum Gasteiger partial charge on any atom is -0.361 e. The summed E-state index contributed by atoms with van der Waals surface area (Å²) < 4.78 is 22.9. The second-order valence-corrected chi connectivity index (χ2v) is 7.45. The molecule has 1 amide bonds. The van der Waals surface area contributed by atoms with Crippen LogP contribution in [0.1, 0.15) is 21.5 Å². The summed E-state index contributed by atoms with van der Waals surface area (Å²) in [5.74, 6) is -0.317. The Hall–Kier alpha value is -2.64. The Labute approximate surface area is 146 Å². The molecule has 3 aromatic rings. The molecule has 1 heterocycles. The highest BCUT2D eigenvalue weighted by molar-refractivity contribution is 7.89. The SMILES string of the molecule is Cc1ccc(S(N)(=O)=O)cc1C(=O)NCCc1c[nH]c2ccccc12. The number of primary sulfonamides is 1. The zero-order valence-corrected chi connectivity index (χ0v) is 14.6. The number of amides is 1. The Morgan fingerprint density at radius 3 is 2.72 bits per heavy atom. The van der Waals surface area contributed by atoms with Crippen molar-refractivity contribution in [2.45, 2.75) is 18.2 Å². The smallest absolute Gasteiger partial charge is 0.251 e. The van der Waals surface area contributed by atoms with E-state index in [1.54, 1.807) is 13.0 Å². The van der Waals surface area contributed by atoms with Gasteiger partial charge in [0, 0.05) is 29.2 Å². The predicted octanol–water partition coefficient (Wildman–Crippen LogP) is 2.10. The Morgan fingerprint density at radius 1 is 1.20 bits per heavy atom. The number of nitrogens with one attached hydrogen (secondary N) is 2. The van der Waals surface area contributed by atoms with Crippen molar-refractivity contribution >= 4 is 26.8 Å². The van der Waals surface area contributed by atoms with Gasteiger partial charge in [-0.3, -0.25) is 4.79 Å². The summed E-state index contributed by atoms with van der Waals surface area (Å²) in [6.45, 7) is 2.20. The number of H-pyrrole nitrogens is 1. The number of carbonyl (C=O) groups excluding carboxylic acids is 1. The predicted molar refractivity (Wildman–Crippen MR) is 96.9 cm³/mol. The van der Waals surface area contributed by atoms with Gasteiger partial charge >= 0.3 is 0 Å². The van der Waals surface area contributed by atoms with E-state index in [1.807, 2.05) is 30.5 Å². The van der Waals surface area contributed by atoms with Gasteiger partial charge in [-0.25, -0.2) is 13.6 Å². The van der Waals surface area contributed by atoms with Crippen molar-refractivity contribution in [2.75, 3.05) is 6.54 Å². The first-order chi connectivity index (χ1) is 11.9. The third kappa shape index (κ3) is 3.72. The van der Waals surface area contributed by atoms with Gasteiger partial charge in [-0.15, -0.1) is 0 Å². The van der Waals surface area contributed by atoms with E-state index in [0.29, 0.717) is 24.1 Å². The van der Waals surface area contributed by atoms with E-state index in [4.69, 9.17) is 5.14 Å². The monoisotopic (exact) mass is 357 g/mol. The highest BCUT2D eigenvalue weighted by Gasteiger charge is 2.14. The molecule has 0 aliphatic rings. The highest BCUT2D eigenvalue weighted by atomic mass is 32.2. The molecule has 0 aliphatic heterocycles. The van der Waals surface area contributed by atoms with Crippen molar-refractivity contribution in [3.63, 3.8) is 0 Å². The zero-order valence-electron chi connectivity index (χ0n) is 13.7. The molecule has 0 aliphatic carbocycles. The highest BCUT2D eigenvalue weighted by Crippen LogP contribution is 2.18. The minimum absolute atomic E-state index is 0.0696. The van der Waals surface area contributed by atoms with Crippen LogP contribution in [0.25, 0.3) is 10.9 Å². The van der Waals surface area contributed by atoms with Gasteiger partial charge in [-0.05, 0) is 42.7 Å². The maximum absolute atomic E-state index is 12.4. The lowest BCUT2D eigenvalue weighted by molar-refractivity contribution is 0.0953. The summed E-state index contributed by atoms with van der Waals surface area (Å²) in [6.07, 6.45) is 2.60. The van der Waals surface area contributed by atoms with Crippen LogP contribution in [0.5, 0.6) is 0 Å². The second kappa shape index (κ2) is 6.70.